The maximum absolute atomic E-state index is 8.74. The van der Waals surface area contributed by atoms with E-state index in [1.165, 1.54) is 96.4 Å². The van der Waals surface area contributed by atoms with Crippen LogP contribution in [0.2, 0.25) is 0 Å². The molecule has 25 heavy (non-hydrogen) atoms. The van der Waals surface area contributed by atoms with Gasteiger partial charge in [-0.3, -0.25) is 9.11 Å². The van der Waals surface area contributed by atoms with Crippen LogP contribution in [0.4, 0.5) is 0 Å². The molecule has 0 amide bonds. The van der Waals surface area contributed by atoms with Crippen molar-refractivity contribution in [1.82, 2.24) is 0 Å². The summed E-state index contributed by atoms with van der Waals surface area (Å²) >= 11 is 0. The zero-order chi connectivity index (χ0) is 19.6. The largest absolute Gasteiger partial charge is 0.394 e. The number of hydrogen-bond donors (Lipinski definition) is 2. The van der Waals surface area contributed by atoms with Gasteiger partial charge in [-0.25, -0.2) is 0 Å². The maximum Gasteiger partial charge on any atom is 0.394 e. The van der Waals surface area contributed by atoms with Crippen molar-refractivity contribution in [2.75, 3.05) is 27.7 Å². The van der Waals surface area contributed by atoms with Crippen LogP contribution in [0.25, 0.3) is 0 Å². The van der Waals surface area contributed by atoms with Crippen LogP contribution in [0.1, 0.15) is 96.8 Å². The highest BCUT2D eigenvalue weighted by Crippen LogP contribution is 2.13. The Morgan fingerprint density at radius 1 is 0.600 bits per heavy atom. The highest BCUT2D eigenvalue weighted by atomic mass is 32.3. The van der Waals surface area contributed by atoms with E-state index < -0.39 is 10.4 Å². The van der Waals surface area contributed by atoms with Crippen molar-refractivity contribution in [1.29, 1.82) is 0 Å². The molecule has 0 heterocycles. The van der Waals surface area contributed by atoms with Gasteiger partial charge in [0.15, 0.2) is 0 Å². The van der Waals surface area contributed by atoms with E-state index in [4.69, 9.17) is 17.5 Å². The molecular formula is C19H44NO4S+. The number of rotatable bonds is 15. The van der Waals surface area contributed by atoms with Gasteiger partial charge in [-0.05, 0) is 12.8 Å². The van der Waals surface area contributed by atoms with Crippen LogP contribution in [-0.4, -0.2) is 49.7 Å². The monoisotopic (exact) mass is 382 g/mol. The molecule has 0 aromatic rings. The minimum Gasteiger partial charge on any atom is -0.331 e. The quantitative estimate of drug-likeness (QED) is 0.222. The van der Waals surface area contributed by atoms with Crippen molar-refractivity contribution < 1.29 is 22.0 Å². The Kier molecular flexibility index (Phi) is 18.7. The Morgan fingerprint density at radius 2 is 0.840 bits per heavy atom. The summed E-state index contributed by atoms with van der Waals surface area (Å²) < 4.78 is 32.7. The molecule has 0 saturated carbocycles. The molecule has 5 nitrogen and oxygen atoms in total. The van der Waals surface area contributed by atoms with Gasteiger partial charge in [-0.15, -0.1) is 0 Å². The fraction of sp³-hybridized carbons (Fsp3) is 1.00. The lowest BCUT2D eigenvalue weighted by Crippen LogP contribution is -2.35. The molecule has 6 heteroatoms. The predicted octanol–water partition coefficient (Wildman–Crippen LogP) is 5.52. The first-order valence-corrected chi connectivity index (χ1v) is 11.5. The van der Waals surface area contributed by atoms with Gasteiger partial charge < -0.3 is 4.48 Å². The van der Waals surface area contributed by atoms with E-state index >= 15 is 0 Å². The Bertz CT molecular complexity index is 356. The van der Waals surface area contributed by atoms with Gasteiger partial charge in [-0.1, -0.05) is 84.0 Å². The third kappa shape index (κ3) is 40.1. The molecule has 0 aliphatic carbocycles. The van der Waals surface area contributed by atoms with Crippen molar-refractivity contribution in [3.8, 4) is 0 Å². The summed E-state index contributed by atoms with van der Waals surface area (Å²) in [4.78, 5) is 0. The van der Waals surface area contributed by atoms with Crippen LogP contribution in [-0.2, 0) is 10.4 Å². The average molecular weight is 383 g/mol. The Labute approximate surface area is 157 Å². The molecular weight excluding hydrogens is 338 g/mol. The minimum absolute atomic E-state index is 1.12. The number of nitrogens with zero attached hydrogens (tertiary/aromatic N) is 1. The molecule has 154 valence electrons. The molecule has 0 bridgehead atoms. The van der Waals surface area contributed by atoms with E-state index in [1.54, 1.807) is 0 Å². The zero-order valence-corrected chi connectivity index (χ0v) is 18.0. The summed E-state index contributed by atoms with van der Waals surface area (Å²) in [6.45, 7) is 3.63. The molecule has 0 aliphatic heterocycles. The first-order chi connectivity index (χ1) is 11.6. The number of unbranched alkanes of at least 4 members (excludes halogenated alkanes) is 13. The SMILES string of the molecule is CCCCCCCCCCCCCCCC[N+](C)(C)C.O=S(=O)(O)O. The fourth-order valence-corrected chi connectivity index (χ4v) is 2.78. The van der Waals surface area contributed by atoms with Crippen LogP contribution in [0.15, 0.2) is 0 Å². The van der Waals surface area contributed by atoms with Crippen LogP contribution >= 0.6 is 0 Å². The van der Waals surface area contributed by atoms with E-state index in [2.05, 4.69) is 28.1 Å². The van der Waals surface area contributed by atoms with E-state index in [9.17, 15) is 0 Å². The minimum atomic E-state index is -4.67. The third-order valence-corrected chi connectivity index (χ3v) is 4.18. The van der Waals surface area contributed by atoms with E-state index in [1.807, 2.05) is 0 Å². The zero-order valence-electron chi connectivity index (χ0n) is 17.2. The van der Waals surface area contributed by atoms with Gasteiger partial charge in [0.25, 0.3) is 0 Å². The third-order valence-electron chi connectivity index (χ3n) is 4.18. The van der Waals surface area contributed by atoms with Gasteiger partial charge in [0.1, 0.15) is 0 Å². The molecule has 2 N–H and O–H groups in total. The lowest BCUT2D eigenvalue weighted by Gasteiger charge is -2.23. The first-order valence-electron chi connectivity index (χ1n) is 10.1. The lowest BCUT2D eigenvalue weighted by molar-refractivity contribution is -0.870. The molecule has 0 aliphatic rings. The topological polar surface area (TPSA) is 74.6 Å². The van der Waals surface area contributed by atoms with Crippen molar-refractivity contribution in [3.63, 3.8) is 0 Å². The van der Waals surface area contributed by atoms with Gasteiger partial charge in [0, 0.05) is 0 Å². The van der Waals surface area contributed by atoms with Gasteiger partial charge in [-0.2, -0.15) is 8.42 Å². The molecule has 0 fully saturated rings. The number of quaternary nitrogens is 1. The molecule has 0 radical (unpaired) electrons. The van der Waals surface area contributed by atoms with E-state index in [-0.39, 0.29) is 0 Å². The second kappa shape index (κ2) is 17.3. The molecule has 0 spiro atoms. The van der Waals surface area contributed by atoms with E-state index in [0.29, 0.717) is 0 Å². The van der Waals surface area contributed by atoms with E-state index in [0.717, 1.165) is 4.48 Å². The Hall–Kier alpha value is -0.170. The maximum atomic E-state index is 8.74. The molecule has 0 rings (SSSR count). The highest BCUT2D eigenvalue weighted by Gasteiger charge is 2.04. The van der Waals surface area contributed by atoms with Crippen molar-refractivity contribution in [3.05, 3.63) is 0 Å². The van der Waals surface area contributed by atoms with Crippen LogP contribution in [0, 0.1) is 0 Å². The second-order valence-electron chi connectivity index (χ2n) is 8.06. The summed E-state index contributed by atoms with van der Waals surface area (Å²) in [7, 11) is 2.22. The predicted molar refractivity (Wildman–Crippen MR) is 107 cm³/mol. The van der Waals surface area contributed by atoms with Crippen molar-refractivity contribution in [2.24, 2.45) is 0 Å². The van der Waals surface area contributed by atoms with Gasteiger partial charge in [0.05, 0.1) is 27.7 Å². The molecule has 0 saturated heterocycles. The highest BCUT2D eigenvalue weighted by molar-refractivity contribution is 7.79. The standard InChI is InChI=1S/C19H42N.H2O4S/c1-5-6-7-8-9-10-11-12-13-14-15-16-17-18-19-20(2,3)4;1-5(2,3)4/h5-19H2,1-4H3;(H2,1,2,3,4)/q+1;. The van der Waals surface area contributed by atoms with Crippen molar-refractivity contribution >= 4 is 10.4 Å². The smallest absolute Gasteiger partial charge is 0.331 e. The Morgan fingerprint density at radius 3 is 1.08 bits per heavy atom. The molecule has 0 unspecified atom stereocenters. The summed E-state index contributed by atoms with van der Waals surface area (Å²) in [6, 6.07) is 0. The summed E-state index contributed by atoms with van der Waals surface area (Å²) in [5, 5.41) is 0. The van der Waals surface area contributed by atoms with Gasteiger partial charge in [0.2, 0.25) is 0 Å². The number of hydrogen-bond acceptors (Lipinski definition) is 2. The summed E-state index contributed by atoms with van der Waals surface area (Å²) in [6.07, 6.45) is 20.4. The first kappa shape index (κ1) is 27.1. The summed E-state index contributed by atoms with van der Waals surface area (Å²) in [5.74, 6) is 0. The summed E-state index contributed by atoms with van der Waals surface area (Å²) in [5.41, 5.74) is 0. The fourth-order valence-electron chi connectivity index (χ4n) is 2.78. The van der Waals surface area contributed by atoms with Crippen molar-refractivity contribution in [2.45, 2.75) is 96.8 Å². The lowest BCUT2D eigenvalue weighted by atomic mass is 10.0. The van der Waals surface area contributed by atoms with Crippen LogP contribution < -0.4 is 0 Å². The van der Waals surface area contributed by atoms with Gasteiger partial charge >= 0.3 is 10.4 Å². The average Bonchev–Trinajstić information content (AvgIpc) is 2.45. The second-order valence-corrected chi connectivity index (χ2v) is 8.95. The molecule has 0 atom stereocenters. The molecule has 0 aromatic carbocycles. The molecule has 0 aromatic heterocycles. The van der Waals surface area contributed by atoms with Crippen LogP contribution in [0.5, 0.6) is 0 Å². The normalized spacial score (nSPS) is 11.9. The van der Waals surface area contributed by atoms with Crippen LogP contribution in [0.3, 0.4) is 0 Å². The Balaban J connectivity index is 0.